The molecule has 1 atom stereocenters. The highest BCUT2D eigenvalue weighted by molar-refractivity contribution is 7.12. The third-order valence-electron chi connectivity index (χ3n) is 4.93. The third-order valence-corrected chi connectivity index (χ3v) is 6.47. The lowest BCUT2D eigenvalue weighted by atomic mass is 9.96. The number of hydrogen-bond donors (Lipinski definition) is 2. The van der Waals surface area contributed by atoms with Crippen LogP contribution in [-0.2, 0) is 10.2 Å². The molecule has 0 aliphatic heterocycles. The molecule has 9 heteroatoms. The Morgan fingerprint density at radius 2 is 2.06 bits per heavy atom. The molecule has 1 aromatic carbocycles. The monoisotopic (exact) mass is 436 g/mol. The summed E-state index contributed by atoms with van der Waals surface area (Å²) in [4.78, 5) is 26.5. The minimum atomic E-state index is -0.554. The second kappa shape index (κ2) is 8.07. The van der Waals surface area contributed by atoms with Crippen molar-refractivity contribution in [2.75, 3.05) is 11.9 Å². The first-order valence-electron chi connectivity index (χ1n) is 9.91. The number of benzene rings is 1. The van der Waals surface area contributed by atoms with E-state index in [-0.39, 0.29) is 5.41 Å². The van der Waals surface area contributed by atoms with Crippen molar-refractivity contribution in [3.8, 4) is 11.4 Å². The molecule has 160 valence electrons. The van der Waals surface area contributed by atoms with E-state index in [1.54, 1.807) is 13.1 Å². The van der Waals surface area contributed by atoms with Gasteiger partial charge in [-0.1, -0.05) is 38.1 Å². The molecule has 3 heterocycles. The second-order valence-electron chi connectivity index (χ2n) is 8.38. The van der Waals surface area contributed by atoms with Gasteiger partial charge in [0.2, 0.25) is 17.6 Å². The molecular weight excluding hydrogens is 412 g/mol. The second-order valence-corrected chi connectivity index (χ2v) is 9.44. The number of hydrogen-bond acceptors (Lipinski definition) is 8. The van der Waals surface area contributed by atoms with Crippen LogP contribution in [0.3, 0.4) is 0 Å². The number of fused-ring (bicyclic) bond motifs is 1. The quantitative estimate of drug-likeness (QED) is 0.468. The largest absolute Gasteiger partial charge is 0.369 e. The first-order chi connectivity index (χ1) is 14.7. The maximum Gasteiger partial charge on any atom is 0.229 e. The SMILES string of the molecule is Cc1nc(-c2ccc3ccnc(NCC(C(N)=O)c4ncc(C(C)(C)C)s4)c3c2)no1. The van der Waals surface area contributed by atoms with E-state index in [4.69, 9.17) is 10.3 Å². The minimum absolute atomic E-state index is 0.0351. The molecule has 0 fully saturated rings. The van der Waals surface area contributed by atoms with Crippen LogP contribution in [0.1, 0.15) is 42.5 Å². The number of aromatic nitrogens is 4. The van der Waals surface area contributed by atoms with Gasteiger partial charge >= 0.3 is 0 Å². The first kappa shape index (κ1) is 20.9. The number of pyridine rings is 1. The van der Waals surface area contributed by atoms with Crippen LogP contribution in [0.2, 0.25) is 0 Å². The Labute approximate surface area is 183 Å². The zero-order chi connectivity index (χ0) is 22.2. The van der Waals surface area contributed by atoms with Crippen LogP contribution < -0.4 is 11.1 Å². The average Bonchev–Trinajstić information content (AvgIpc) is 3.37. The summed E-state index contributed by atoms with van der Waals surface area (Å²) in [5.74, 6) is 0.689. The molecular formula is C22H24N6O2S. The lowest BCUT2D eigenvalue weighted by molar-refractivity contribution is -0.119. The number of primary amides is 1. The number of nitrogens with two attached hydrogens (primary N) is 1. The molecule has 3 aromatic heterocycles. The molecule has 1 amide bonds. The Kier molecular flexibility index (Phi) is 5.45. The molecule has 4 rings (SSSR count). The van der Waals surface area contributed by atoms with Crippen molar-refractivity contribution < 1.29 is 9.32 Å². The van der Waals surface area contributed by atoms with Crippen molar-refractivity contribution in [1.29, 1.82) is 0 Å². The van der Waals surface area contributed by atoms with Gasteiger partial charge in [-0.3, -0.25) is 4.79 Å². The van der Waals surface area contributed by atoms with Crippen molar-refractivity contribution in [2.24, 2.45) is 5.73 Å². The standard InChI is InChI=1S/C22H24N6O2S/c1-12-27-19(28-30-12)14-6-5-13-7-8-24-20(15(13)9-14)25-10-16(18(23)29)21-26-11-17(31-21)22(2,3)4/h5-9,11,16H,10H2,1-4H3,(H2,23,29)(H,24,25). The summed E-state index contributed by atoms with van der Waals surface area (Å²) in [6, 6.07) is 7.79. The smallest absolute Gasteiger partial charge is 0.229 e. The fourth-order valence-electron chi connectivity index (χ4n) is 3.17. The van der Waals surface area contributed by atoms with Gasteiger partial charge in [0, 0.05) is 41.7 Å². The highest BCUT2D eigenvalue weighted by Crippen LogP contribution is 2.32. The topological polar surface area (TPSA) is 120 Å². The molecule has 0 aliphatic carbocycles. The number of thiazole rings is 1. The third kappa shape index (κ3) is 4.41. The van der Waals surface area contributed by atoms with Crippen LogP contribution in [0.25, 0.3) is 22.2 Å². The Morgan fingerprint density at radius 3 is 2.71 bits per heavy atom. The molecule has 0 spiro atoms. The summed E-state index contributed by atoms with van der Waals surface area (Å²) in [6.45, 7) is 8.39. The molecule has 31 heavy (non-hydrogen) atoms. The highest BCUT2D eigenvalue weighted by atomic mass is 32.1. The van der Waals surface area contributed by atoms with Gasteiger partial charge in [-0.05, 0) is 22.9 Å². The van der Waals surface area contributed by atoms with Crippen LogP contribution >= 0.6 is 11.3 Å². The number of nitrogens with one attached hydrogen (secondary N) is 1. The van der Waals surface area contributed by atoms with E-state index < -0.39 is 11.8 Å². The number of aryl methyl sites for hydroxylation is 1. The van der Waals surface area contributed by atoms with Crippen LogP contribution in [0.4, 0.5) is 5.82 Å². The van der Waals surface area contributed by atoms with Crippen molar-refractivity contribution >= 4 is 33.8 Å². The van der Waals surface area contributed by atoms with E-state index in [1.165, 1.54) is 11.3 Å². The maximum absolute atomic E-state index is 12.2. The van der Waals surface area contributed by atoms with E-state index in [9.17, 15) is 4.79 Å². The van der Waals surface area contributed by atoms with Gasteiger partial charge in [0.15, 0.2) is 0 Å². The lowest BCUT2D eigenvalue weighted by Gasteiger charge is -2.16. The van der Waals surface area contributed by atoms with Crippen molar-refractivity contribution in [3.05, 3.63) is 52.4 Å². The van der Waals surface area contributed by atoms with Crippen LogP contribution in [-0.4, -0.2) is 32.6 Å². The number of amides is 1. The Balaban J connectivity index is 1.62. The first-order valence-corrected chi connectivity index (χ1v) is 10.7. The lowest BCUT2D eigenvalue weighted by Crippen LogP contribution is -2.27. The van der Waals surface area contributed by atoms with Crippen LogP contribution in [0, 0.1) is 6.92 Å². The zero-order valence-corrected chi connectivity index (χ0v) is 18.7. The minimum Gasteiger partial charge on any atom is -0.369 e. The van der Waals surface area contributed by atoms with Gasteiger partial charge in [-0.2, -0.15) is 4.98 Å². The molecule has 3 N–H and O–H groups in total. The average molecular weight is 437 g/mol. The molecule has 0 bridgehead atoms. The van der Waals surface area contributed by atoms with Gasteiger partial charge in [-0.25, -0.2) is 9.97 Å². The normalized spacial score (nSPS) is 12.8. The summed E-state index contributed by atoms with van der Waals surface area (Å²) in [7, 11) is 0. The summed E-state index contributed by atoms with van der Waals surface area (Å²) >= 11 is 1.52. The van der Waals surface area contributed by atoms with E-state index >= 15 is 0 Å². The summed E-state index contributed by atoms with van der Waals surface area (Å²) in [5, 5.41) is 9.87. The Hall–Kier alpha value is -3.33. The zero-order valence-electron chi connectivity index (χ0n) is 17.8. The van der Waals surface area contributed by atoms with E-state index in [2.05, 4.69) is 46.2 Å². The maximum atomic E-state index is 12.2. The molecule has 0 saturated heterocycles. The molecule has 0 saturated carbocycles. The Morgan fingerprint density at radius 1 is 1.26 bits per heavy atom. The van der Waals surface area contributed by atoms with E-state index in [0.29, 0.717) is 29.1 Å². The van der Waals surface area contributed by atoms with Gasteiger partial charge in [0.25, 0.3) is 0 Å². The van der Waals surface area contributed by atoms with E-state index in [1.807, 2.05) is 30.5 Å². The van der Waals surface area contributed by atoms with Crippen molar-refractivity contribution in [3.63, 3.8) is 0 Å². The fraction of sp³-hybridized carbons (Fsp3) is 0.318. The molecule has 1 unspecified atom stereocenters. The van der Waals surface area contributed by atoms with E-state index in [0.717, 1.165) is 21.2 Å². The van der Waals surface area contributed by atoms with Crippen LogP contribution in [0.15, 0.2) is 41.2 Å². The summed E-state index contributed by atoms with van der Waals surface area (Å²) in [6.07, 6.45) is 3.55. The number of nitrogens with zero attached hydrogens (tertiary/aromatic N) is 4. The van der Waals surface area contributed by atoms with Gasteiger partial charge < -0.3 is 15.6 Å². The van der Waals surface area contributed by atoms with Gasteiger partial charge in [0.1, 0.15) is 16.7 Å². The number of carbonyl (C=O) groups is 1. The fourth-order valence-corrected chi connectivity index (χ4v) is 4.25. The number of rotatable bonds is 6. The van der Waals surface area contributed by atoms with Gasteiger partial charge in [0.05, 0.1) is 0 Å². The van der Waals surface area contributed by atoms with Crippen LogP contribution in [0.5, 0.6) is 0 Å². The Bertz CT molecular complexity index is 1240. The summed E-state index contributed by atoms with van der Waals surface area (Å²) < 4.78 is 5.09. The molecule has 4 aromatic rings. The predicted octanol–water partition coefficient (Wildman–Crippen LogP) is 4.03. The number of anilines is 1. The molecule has 0 radical (unpaired) electrons. The molecule has 0 aliphatic rings. The van der Waals surface area contributed by atoms with Crippen molar-refractivity contribution in [2.45, 2.75) is 39.0 Å². The summed E-state index contributed by atoms with van der Waals surface area (Å²) in [5.41, 5.74) is 6.49. The predicted molar refractivity (Wildman–Crippen MR) is 121 cm³/mol. The molecule has 8 nitrogen and oxygen atoms in total. The number of carbonyl (C=O) groups excluding carboxylic acids is 1. The van der Waals surface area contributed by atoms with Gasteiger partial charge in [-0.15, -0.1) is 11.3 Å². The van der Waals surface area contributed by atoms with Crippen molar-refractivity contribution in [1.82, 2.24) is 20.1 Å². The highest BCUT2D eigenvalue weighted by Gasteiger charge is 2.25.